The normalized spacial score (nSPS) is 20.2. The molecule has 2 unspecified atom stereocenters. The molecule has 2 amide bonds. The minimum atomic E-state index is -0.674. The summed E-state index contributed by atoms with van der Waals surface area (Å²) < 4.78 is 10.3. The van der Waals surface area contributed by atoms with Crippen LogP contribution in [-0.2, 0) is 20.9 Å². The molecule has 1 aliphatic carbocycles. The second kappa shape index (κ2) is 8.69. The summed E-state index contributed by atoms with van der Waals surface area (Å²) in [6.45, 7) is 5.39. The van der Waals surface area contributed by atoms with Gasteiger partial charge in [0.1, 0.15) is 12.2 Å². The number of ether oxygens (including phenoxy) is 2. The molecule has 2 atom stereocenters. The summed E-state index contributed by atoms with van der Waals surface area (Å²) in [7, 11) is 0. The van der Waals surface area contributed by atoms with Crippen molar-refractivity contribution in [3.8, 4) is 0 Å². The zero-order valence-corrected chi connectivity index (χ0v) is 15.4. The summed E-state index contributed by atoms with van der Waals surface area (Å²) in [4.78, 5) is 36.3. The van der Waals surface area contributed by atoms with Crippen molar-refractivity contribution in [2.75, 3.05) is 0 Å². The van der Waals surface area contributed by atoms with Gasteiger partial charge in [-0.1, -0.05) is 30.3 Å². The topological polar surface area (TPSA) is 93.7 Å². The average molecular weight is 362 g/mol. The Morgan fingerprint density at radius 2 is 1.62 bits per heavy atom. The number of benzene rings is 1. The van der Waals surface area contributed by atoms with E-state index in [0.29, 0.717) is 19.3 Å². The molecular weight excluding hydrogens is 336 g/mol. The third-order valence-corrected chi connectivity index (χ3v) is 3.87. The van der Waals surface area contributed by atoms with Gasteiger partial charge in [0.05, 0.1) is 12.1 Å². The van der Waals surface area contributed by atoms with Crippen LogP contribution < -0.4 is 10.6 Å². The number of hydrogen-bond donors (Lipinski definition) is 2. The second-order valence-corrected chi connectivity index (χ2v) is 7.29. The zero-order valence-electron chi connectivity index (χ0n) is 15.4. The fraction of sp³-hybridized carbons (Fsp3) is 0.526. The van der Waals surface area contributed by atoms with E-state index in [4.69, 9.17) is 9.47 Å². The molecule has 0 heterocycles. The third kappa shape index (κ3) is 6.38. The van der Waals surface area contributed by atoms with Gasteiger partial charge in [-0.15, -0.1) is 0 Å². The Labute approximate surface area is 153 Å². The standard InChI is InChI=1S/C19H26N2O5/c1-19(2,3)26-18(24)21-15-11-7-10-14(16(15)22)20-17(23)25-12-13-8-5-4-6-9-13/h4-6,8-9,14-15H,7,10-12H2,1-3H3,(H,20,23)(H,21,24). The van der Waals surface area contributed by atoms with E-state index >= 15 is 0 Å². The number of ketones is 1. The Morgan fingerprint density at radius 1 is 1.04 bits per heavy atom. The first-order valence-corrected chi connectivity index (χ1v) is 8.75. The van der Waals surface area contributed by atoms with Gasteiger partial charge in [-0.3, -0.25) is 4.79 Å². The van der Waals surface area contributed by atoms with Crippen LogP contribution in [0.5, 0.6) is 0 Å². The first-order valence-electron chi connectivity index (χ1n) is 8.75. The van der Waals surface area contributed by atoms with E-state index in [9.17, 15) is 14.4 Å². The zero-order chi connectivity index (χ0) is 19.2. The van der Waals surface area contributed by atoms with Crippen LogP contribution in [0.15, 0.2) is 30.3 Å². The molecule has 0 radical (unpaired) electrons. The summed E-state index contributed by atoms with van der Waals surface area (Å²) >= 11 is 0. The maximum atomic E-state index is 12.5. The number of carbonyl (C=O) groups excluding carboxylic acids is 3. The molecule has 7 nitrogen and oxygen atoms in total. The molecule has 1 saturated carbocycles. The molecule has 1 fully saturated rings. The van der Waals surface area contributed by atoms with Crippen LogP contribution in [0.4, 0.5) is 9.59 Å². The summed E-state index contributed by atoms with van der Waals surface area (Å²) in [6.07, 6.45) is 0.463. The molecule has 142 valence electrons. The molecule has 26 heavy (non-hydrogen) atoms. The van der Waals surface area contributed by atoms with E-state index in [2.05, 4.69) is 10.6 Å². The van der Waals surface area contributed by atoms with Gasteiger partial charge >= 0.3 is 12.2 Å². The lowest BCUT2D eigenvalue weighted by Gasteiger charge is -2.29. The molecule has 0 aromatic heterocycles. The second-order valence-electron chi connectivity index (χ2n) is 7.29. The first kappa shape index (κ1) is 19.8. The average Bonchev–Trinajstić information content (AvgIpc) is 2.56. The van der Waals surface area contributed by atoms with E-state index in [1.54, 1.807) is 20.8 Å². The van der Waals surface area contributed by atoms with Crippen molar-refractivity contribution in [3.05, 3.63) is 35.9 Å². The largest absolute Gasteiger partial charge is 0.445 e. The Balaban J connectivity index is 1.82. The summed E-state index contributed by atoms with van der Waals surface area (Å²) in [5.41, 5.74) is 0.225. The van der Waals surface area contributed by atoms with Crippen LogP contribution in [0.1, 0.15) is 45.6 Å². The van der Waals surface area contributed by atoms with Crippen LogP contribution in [0.3, 0.4) is 0 Å². The molecule has 2 rings (SSSR count). The Hall–Kier alpha value is -2.57. The highest BCUT2D eigenvalue weighted by Crippen LogP contribution is 2.17. The van der Waals surface area contributed by atoms with Crippen molar-refractivity contribution >= 4 is 18.0 Å². The molecule has 0 spiro atoms. The minimum absolute atomic E-state index is 0.132. The summed E-state index contributed by atoms with van der Waals surface area (Å²) in [6, 6.07) is 7.94. The fourth-order valence-corrected chi connectivity index (χ4v) is 2.70. The third-order valence-electron chi connectivity index (χ3n) is 3.87. The van der Waals surface area contributed by atoms with Crippen molar-refractivity contribution in [2.45, 2.75) is 64.3 Å². The lowest BCUT2D eigenvalue weighted by atomic mass is 9.90. The van der Waals surface area contributed by atoms with E-state index in [-0.39, 0.29) is 12.4 Å². The predicted octanol–water partition coefficient (Wildman–Crippen LogP) is 2.93. The molecular formula is C19H26N2O5. The van der Waals surface area contributed by atoms with Crippen LogP contribution in [-0.4, -0.2) is 35.7 Å². The maximum absolute atomic E-state index is 12.5. The number of Topliss-reactive ketones (excluding diaryl/α,β-unsaturated/α-hetero) is 1. The number of alkyl carbamates (subject to hydrolysis) is 2. The number of nitrogens with one attached hydrogen (secondary N) is 2. The smallest absolute Gasteiger partial charge is 0.408 e. The van der Waals surface area contributed by atoms with Gasteiger partial charge in [-0.2, -0.15) is 0 Å². The van der Waals surface area contributed by atoms with Gasteiger partial charge in [0.25, 0.3) is 0 Å². The molecule has 2 N–H and O–H groups in total. The van der Waals surface area contributed by atoms with E-state index in [0.717, 1.165) is 5.56 Å². The first-order chi connectivity index (χ1) is 12.2. The molecule has 0 bridgehead atoms. The molecule has 1 aromatic rings. The number of amides is 2. The number of rotatable bonds is 4. The molecule has 1 aromatic carbocycles. The Morgan fingerprint density at radius 3 is 2.19 bits per heavy atom. The summed E-state index contributed by atoms with van der Waals surface area (Å²) in [5.74, 6) is -0.237. The van der Waals surface area contributed by atoms with Crippen molar-refractivity contribution in [3.63, 3.8) is 0 Å². The molecule has 7 heteroatoms. The van der Waals surface area contributed by atoms with Gasteiger partial charge in [-0.25, -0.2) is 9.59 Å². The van der Waals surface area contributed by atoms with E-state index in [1.807, 2.05) is 30.3 Å². The molecule has 1 aliphatic rings. The minimum Gasteiger partial charge on any atom is -0.445 e. The van der Waals surface area contributed by atoms with Crippen molar-refractivity contribution in [2.24, 2.45) is 0 Å². The van der Waals surface area contributed by atoms with Crippen LogP contribution >= 0.6 is 0 Å². The highest BCUT2D eigenvalue weighted by Gasteiger charge is 2.34. The van der Waals surface area contributed by atoms with Crippen molar-refractivity contribution in [1.29, 1.82) is 0 Å². The fourth-order valence-electron chi connectivity index (χ4n) is 2.70. The van der Waals surface area contributed by atoms with Crippen LogP contribution in [0, 0.1) is 0 Å². The van der Waals surface area contributed by atoms with Gasteiger partial charge in [0.2, 0.25) is 0 Å². The lowest BCUT2D eigenvalue weighted by molar-refractivity contribution is -0.124. The predicted molar refractivity (Wildman–Crippen MR) is 95.6 cm³/mol. The van der Waals surface area contributed by atoms with Crippen molar-refractivity contribution < 1.29 is 23.9 Å². The highest BCUT2D eigenvalue weighted by molar-refractivity contribution is 5.94. The maximum Gasteiger partial charge on any atom is 0.408 e. The van der Waals surface area contributed by atoms with Gasteiger partial charge in [-0.05, 0) is 45.6 Å². The monoisotopic (exact) mass is 362 g/mol. The number of hydrogen-bond acceptors (Lipinski definition) is 5. The SMILES string of the molecule is CC(C)(C)OC(=O)NC1CCCC(NC(=O)OCc2ccccc2)C1=O. The van der Waals surface area contributed by atoms with Crippen LogP contribution in [0.2, 0.25) is 0 Å². The highest BCUT2D eigenvalue weighted by atomic mass is 16.6. The van der Waals surface area contributed by atoms with Gasteiger partial charge in [0.15, 0.2) is 5.78 Å². The van der Waals surface area contributed by atoms with E-state index in [1.165, 1.54) is 0 Å². The van der Waals surface area contributed by atoms with Crippen molar-refractivity contribution in [1.82, 2.24) is 10.6 Å². The Bertz CT molecular complexity index is 639. The van der Waals surface area contributed by atoms with Gasteiger partial charge in [0, 0.05) is 0 Å². The Kier molecular flexibility index (Phi) is 6.60. The lowest BCUT2D eigenvalue weighted by Crippen LogP contribution is -2.54. The number of carbonyl (C=O) groups is 3. The van der Waals surface area contributed by atoms with Gasteiger partial charge < -0.3 is 20.1 Å². The molecule has 0 saturated heterocycles. The van der Waals surface area contributed by atoms with E-state index < -0.39 is 29.9 Å². The molecule has 0 aliphatic heterocycles. The quantitative estimate of drug-likeness (QED) is 0.859. The van der Waals surface area contributed by atoms with Crippen LogP contribution in [0.25, 0.3) is 0 Å². The summed E-state index contributed by atoms with van der Waals surface area (Å²) in [5, 5.41) is 5.17.